The smallest absolute Gasteiger partial charge is 0.264 e. The van der Waals surface area contributed by atoms with Crippen molar-refractivity contribution < 1.29 is 22.7 Å². The number of halogens is 2. The summed E-state index contributed by atoms with van der Waals surface area (Å²) in [5.41, 5.74) is 1.61. The van der Waals surface area contributed by atoms with Crippen LogP contribution in [0, 0.1) is 0 Å². The highest BCUT2D eigenvalue weighted by Crippen LogP contribution is 2.33. The molecule has 242 valence electrons. The lowest BCUT2D eigenvalue weighted by atomic mass is 10.0. The van der Waals surface area contributed by atoms with E-state index < -0.39 is 28.5 Å². The van der Waals surface area contributed by atoms with E-state index in [4.69, 9.17) is 27.9 Å². The van der Waals surface area contributed by atoms with Crippen LogP contribution in [0.3, 0.4) is 0 Å². The molecule has 4 aromatic carbocycles. The Morgan fingerprint density at radius 2 is 1.52 bits per heavy atom. The molecule has 2 amide bonds. The van der Waals surface area contributed by atoms with Crippen LogP contribution in [0.5, 0.6) is 5.75 Å². The van der Waals surface area contributed by atoms with Gasteiger partial charge in [-0.15, -0.1) is 0 Å². The molecule has 0 aromatic heterocycles. The van der Waals surface area contributed by atoms with Crippen molar-refractivity contribution in [3.05, 3.63) is 124 Å². The van der Waals surface area contributed by atoms with Crippen LogP contribution in [0.15, 0.2) is 108 Å². The van der Waals surface area contributed by atoms with Gasteiger partial charge < -0.3 is 15.0 Å². The number of hydrogen-bond acceptors (Lipinski definition) is 5. The minimum absolute atomic E-state index is 0.00896. The second-order valence-electron chi connectivity index (χ2n) is 10.8. The first-order chi connectivity index (χ1) is 22.0. The summed E-state index contributed by atoms with van der Waals surface area (Å²) in [6.07, 6.45) is 0.887. The maximum atomic E-state index is 14.6. The second kappa shape index (κ2) is 16.0. The molecule has 0 bridgehead atoms. The van der Waals surface area contributed by atoms with E-state index in [0.717, 1.165) is 9.87 Å². The van der Waals surface area contributed by atoms with Crippen molar-refractivity contribution in [3.63, 3.8) is 0 Å². The number of nitrogens with one attached hydrogen (secondary N) is 1. The van der Waals surface area contributed by atoms with E-state index in [0.29, 0.717) is 22.8 Å². The quantitative estimate of drug-likeness (QED) is 0.159. The summed E-state index contributed by atoms with van der Waals surface area (Å²) in [7, 11) is -2.75. The monoisotopic (exact) mass is 681 g/mol. The van der Waals surface area contributed by atoms with E-state index in [1.165, 1.54) is 35.2 Å². The van der Waals surface area contributed by atoms with Crippen molar-refractivity contribution in [2.24, 2.45) is 0 Å². The van der Waals surface area contributed by atoms with E-state index >= 15 is 0 Å². The van der Waals surface area contributed by atoms with Gasteiger partial charge >= 0.3 is 0 Å². The molecule has 8 nitrogen and oxygen atoms in total. The number of hydrogen-bond donors (Lipinski definition) is 1. The van der Waals surface area contributed by atoms with E-state index in [9.17, 15) is 18.0 Å². The molecule has 0 saturated heterocycles. The zero-order valence-corrected chi connectivity index (χ0v) is 28.2. The number of anilines is 1. The van der Waals surface area contributed by atoms with E-state index in [2.05, 4.69) is 5.32 Å². The fourth-order valence-electron chi connectivity index (χ4n) is 4.88. The Labute approximate surface area is 280 Å². The summed E-state index contributed by atoms with van der Waals surface area (Å²) in [5.74, 6) is -0.375. The predicted octanol–water partition coefficient (Wildman–Crippen LogP) is 6.75. The number of amides is 2. The normalized spacial score (nSPS) is 12.5. The Bertz CT molecular complexity index is 1740. The molecule has 0 saturated carbocycles. The predicted molar refractivity (Wildman–Crippen MR) is 183 cm³/mol. The fourth-order valence-corrected chi connectivity index (χ4v) is 6.89. The average Bonchev–Trinajstić information content (AvgIpc) is 3.06. The Morgan fingerprint density at radius 1 is 0.870 bits per heavy atom. The number of sulfonamides is 1. The van der Waals surface area contributed by atoms with Gasteiger partial charge in [-0.1, -0.05) is 90.8 Å². The first kappa shape index (κ1) is 34.8. The third-order valence-electron chi connectivity index (χ3n) is 7.55. The molecule has 0 unspecified atom stereocenters. The van der Waals surface area contributed by atoms with Gasteiger partial charge in [0.1, 0.15) is 18.3 Å². The molecule has 0 aliphatic heterocycles. The highest BCUT2D eigenvalue weighted by atomic mass is 35.5. The summed E-state index contributed by atoms with van der Waals surface area (Å²) in [4.78, 5) is 29.9. The highest BCUT2D eigenvalue weighted by Gasteiger charge is 2.35. The zero-order valence-electron chi connectivity index (χ0n) is 25.9. The summed E-state index contributed by atoms with van der Waals surface area (Å²) in [6, 6.07) is 27.6. The molecule has 2 atom stereocenters. The maximum Gasteiger partial charge on any atom is 0.264 e. The van der Waals surface area contributed by atoms with Gasteiger partial charge in [0.05, 0.1) is 22.7 Å². The lowest BCUT2D eigenvalue weighted by molar-refractivity contribution is -0.140. The van der Waals surface area contributed by atoms with Crippen LogP contribution < -0.4 is 14.4 Å². The highest BCUT2D eigenvalue weighted by molar-refractivity contribution is 7.92. The third kappa shape index (κ3) is 8.81. The van der Waals surface area contributed by atoms with Crippen molar-refractivity contribution >= 4 is 50.7 Å². The Morgan fingerprint density at radius 3 is 2.15 bits per heavy atom. The number of carbonyl (C=O) groups excluding carboxylic acids is 2. The van der Waals surface area contributed by atoms with Crippen LogP contribution in [0.1, 0.15) is 31.4 Å². The van der Waals surface area contributed by atoms with E-state index in [1.807, 2.05) is 50.2 Å². The molecule has 0 aliphatic carbocycles. The van der Waals surface area contributed by atoms with Gasteiger partial charge in [0, 0.05) is 24.0 Å². The molecule has 4 aromatic rings. The molecular formula is C35H37Cl2N3O5S. The van der Waals surface area contributed by atoms with Crippen LogP contribution in [0.4, 0.5) is 5.69 Å². The maximum absolute atomic E-state index is 14.6. The summed E-state index contributed by atoms with van der Waals surface area (Å²) in [5, 5.41) is 3.38. The number of benzene rings is 4. The average molecular weight is 683 g/mol. The van der Waals surface area contributed by atoms with Crippen LogP contribution >= 0.6 is 23.2 Å². The molecule has 1 N–H and O–H groups in total. The van der Waals surface area contributed by atoms with Gasteiger partial charge in [0.15, 0.2) is 0 Å². The molecule has 0 spiro atoms. The van der Waals surface area contributed by atoms with Crippen LogP contribution in [0.2, 0.25) is 10.0 Å². The standard InChI is InChI=1S/C35H37Cl2N3O5S/c1-4-25(2)38-35(42)33(21-26-12-7-5-8-13-26)39(23-27-14-11-15-29(20-27)45-3)34(41)24-40(32-19-18-28(36)22-31(32)37)46(43,44)30-16-9-6-10-17-30/h5-20,22,25,33H,4,21,23-24H2,1-3H3,(H,38,42)/t25-,33-/m1/s1. The van der Waals surface area contributed by atoms with Crippen LogP contribution in [-0.2, 0) is 32.6 Å². The van der Waals surface area contributed by atoms with Gasteiger partial charge in [-0.25, -0.2) is 8.42 Å². The summed E-state index contributed by atoms with van der Waals surface area (Å²) >= 11 is 12.7. The zero-order chi connectivity index (χ0) is 33.3. The van der Waals surface area contributed by atoms with Crippen molar-refractivity contribution in [3.8, 4) is 5.75 Å². The number of nitrogens with zero attached hydrogens (tertiary/aromatic N) is 2. The van der Waals surface area contributed by atoms with Gasteiger partial charge in [0.2, 0.25) is 11.8 Å². The molecule has 11 heteroatoms. The van der Waals surface area contributed by atoms with Gasteiger partial charge in [-0.2, -0.15) is 0 Å². The van der Waals surface area contributed by atoms with Gasteiger partial charge in [0.25, 0.3) is 10.0 Å². The van der Waals surface area contributed by atoms with E-state index in [1.54, 1.807) is 43.5 Å². The number of carbonyl (C=O) groups is 2. The Hall–Kier alpha value is -4.05. The Balaban J connectivity index is 1.83. The largest absolute Gasteiger partial charge is 0.497 e. The van der Waals surface area contributed by atoms with E-state index in [-0.39, 0.29) is 40.5 Å². The second-order valence-corrected chi connectivity index (χ2v) is 13.5. The SMILES string of the molecule is CC[C@@H](C)NC(=O)[C@@H](Cc1ccccc1)N(Cc1cccc(OC)c1)C(=O)CN(c1ccc(Cl)cc1Cl)S(=O)(=O)c1ccccc1. The number of methoxy groups -OCH3 is 1. The van der Waals surface area contributed by atoms with Crippen molar-refractivity contribution in [1.29, 1.82) is 0 Å². The molecular weight excluding hydrogens is 645 g/mol. The van der Waals surface area contributed by atoms with Crippen molar-refractivity contribution in [2.45, 2.75) is 50.2 Å². The topological polar surface area (TPSA) is 96.0 Å². The summed E-state index contributed by atoms with van der Waals surface area (Å²) in [6.45, 7) is 3.22. The van der Waals surface area contributed by atoms with Crippen LogP contribution in [0.25, 0.3) is 0 Å². The van der Waals surface area contributed by atoms with Gasteiger partial charge in [-0.3, -0.25) is 13.9 Å². The van der Waals surface area contributed by atoms with Gasteiger partial charge in [-0.05, 0) is 66.9 Å². The Kier molecular flexibility index (Phi) is 12.1. The van der Waals surface area contributed by atoms with Crippen LogP contribution in [-0.4, -0.2) is 50.9 Å². The molecule has 46 heavy (non-hydrogen) atoms. The number of ether oxygens (including phenoxy) is 1. The lowest BCUT2D eigenvalue weighted by Crippen LogP contribution is -2.54. The molecule has 0 radical (unpaired) electrons. The first-order valence-corrected chi connectivity index (χ1v) is 17.0. The lowest BCUT2D eigenvalue weighted by Gasteiger charge is -2.34. The molecule has 0 fully saturated rings. The minimum Gasteiger partial charge on any atom is -0.497 e. The van der Waals surface area contributed by atoms with Crippen molar-refractivity contribution in [1.82, 2.24) is 10.2 Å². The van der Waals surface area contributed by atoms with Crippen molar-refractivity contribution in [2.75, 3.05) is 18.0 Å². The third-order valence-corrected chi connectivity index (χ3v) is 9.86. The molecule has 0 aliphatic rings. The molecule has 4 rings (SSSR count). The molecule has 0 heterocycles. The summed E-state index contributed by atoms with van der Waals surface area (Å²) < 4.78 is 34.6. The minimum atomic E-state index is -4.29. The fraction of sp³-hybridized carbons (Fsp3) is 0.257. The number of rotatable bonds is 14. The first-order valence-electron chi connectivity index (χ1n) is 14.8.